The predicted octanol–water partition coefficient (Wildman–Crippen LogP) is 5.45. The number of amides is 1. The summed E-state index contributed by atoms with van der Waals surface area (Å²) in [4.78, 5) is 15.0. The molecule has 152 valence electrons. The second-order valence-electron chi connectivity index (χ2n) is 8.66. The molecule has 1 aliphatic carbocycles. The van der Waals surface area contributed by atoms with Gasteiger partial charge in [-0.25, -0.2) is 0 Å². The van der Waals surface area contributed by atoms with Crippen molar-refractivity contribution in [1.29, 1.82) is 5.26 Å². The fraction of sp³-hybridized carbons (Fsp3) is 0.826. The van der Waals surface area contributed by atoms with Gasteiger partial charge in [-0.2, -0.15) is 5.26 Å². The summed E-state index contributed by atoms with van der Waals surface area (Å²) in [6, 6.07) is 3.16. The van der Waals surface area contributed by atoms with Crippen molar-refractivity contribution < 1.29 is 4.79 Å². The van der Waals surface area contributed by atoms with E-state index >= 15 is 0 Å². The zero-order chi connectivity index (χ0) is 19.5. The van der Waals surface area contributed by atoms with Gasteiger partial charge in [0.05, 0.1) is 0 Å². The molecule has 0 aromatic rings. The Bertz CT molecular complexity index is 500. The van der Waals surface area contributed by atoms with Crippen molar-refractivity contribution in [2.75, 3.05) is 0 Å². The van der Waals surface area contributed by atoms with Crippen LogP contribution in [0.25, 0.3) is 0 Å². The summed E-state index contributed by atoms with van der Waals surface area (Å²) in [5.41, 5.74) is 0.265. The molecule has 2 fully saturated rings. The molecule has 1 saturated heterocycles. The summed E-state index contributed by atoms with van der Waals surface area (Å²) >= 11 is 0. The molecule has 4 nitrogen and oxygen atoms in total. The van der Waals surface area contributed by atoms with Gasteiger partial charge in [0.15, 0.2) is 0 Å². The lowest BCUT2D eigenvalue weighted by molar-refractivity contribution is -0.118. The van der Waals surface area contributed by atoms with Crippen LogP contribution in [-0.4, -0.2) is 28.9 Å². The monoisotopic (exact) mass is 373 g/mol. The number of piperidine rings is 1. The fourth-order valence-corrected chi connectivity index (χ4v) is 4.55. The van der Waals surface area contributed by atoms with E-state index in [4.69, 9.17) is 0 Å². The Morgan fingerprint density at radius 3 is 1.81 bits per heavy atom. The van der Waals surface area contributed by atoms with Crippen molar-refractivity contribution in [3.63, 3.8) is 0 Å². The van der Waals surface area contributed by atoms with E-state index in [-0.39, 0.29) is 17.5 Å². The molecule has 2 aliphatic rings. The van der Waals surface area contributed by atoms with Gasteiger partial charge >= 0.3 is 0 Å². The third-order valence-corrected chi connectivity index (χ3v) is 6.35. The van der Waals surface area contributed by atoms with Gasteiger partial charge in [0.2, 0.25) is 0 Å². The molecule has 0 aromatic carbocycles. The van der Waals surface area contributed by atoms with Crippen LogP contribution in [0.1, 0.15) is 104 Å². The first-order valence-electron chi connectivity index (χ1n) is 11.3. The number of nitrogens with one attached hydrogen (secondary N) is 1. The van der Waals surface area contributed by atoms with Crippen molar-refractivity contribution in [3.05, 3.63) is 11.8 Å². The van der Waals surface area contributed by atoms with Gasteiger partial charge in [0.1, 0.15) is 11.6 Å². The normalized spacial score (nSPS) is 27.1. The van der Waals surface area contributed by atoms with Crippen LogP contribution in [-0.2, 0) is 4.79 Å². The highest BCUT2D eigenvalue weighted by Gasteiger charge is 2.24. The number of carbonyl (C=O) groups is 1. The van der Waals surface area contributed by atoms with Crippen molar-refractivity contribution in [1.82, 2.24) is 10.2 Å². The molecule has 1 aliphatic heterocycles. The molecule has 2 atom stereocenters. The highest BCUT2D eigenvalue weighted by molar-refractivity contribution is 5.97. The second-order valence-corrected chi connectivity index (χ2v) is 8.66. The molecule has 0 radical (unpaired) electrons. The number of hydrogen-bond donors (Lipinski definition) is 1. The molecule has 1 amide bonds. The molecule has 1 saturated carbocycles. The van der Waals surface area contributed by atoms with E-state index in [2.05, 4.69) is 30.1 Å². The standard InChI is InChI=1S/C23H39N3O/c1-19-13-12-14-20(2)26(19)18-21(17-24)23(27)25-22-15-10-8-6-4-3-5-7-9-11-16-22/h18-20,22H,3-16H2,1-2H3,(H,25,27)/b21-18-. The van der Waals surface area contributed by atoms with E-state index in [0.717, 1.165) is 25.7 Å². The lowest BCUT2D eigenvalue weighted by Gasteiger charge is -2.38. The lowest BCUT2D eigenvalue weighted by atomic mass is 9.97. The van der Waals surface area contributed by atoms with E-state index in [9.17, 15) is 10.1 Å². The van der Waals surface area contributed by atoms with Crippen LogP contribution < -0.4 is 5.32 Å². The molecule has 2 unspecified atom stereocenters. The highest BCUT2D eigenvalue weighted by Crippen LogP contribution is 2.23. The maximum Gasteiger partial charge on any atom is 0.263 e. The van der Waals surface area contributed by atoms with Crippen molar-refractivity contribution in [2.24, 2.45) is 0 Å². The summed E-state index contributed by atoms with van der Waals surface area (Å²) < 4.78 is 0. The summed E-state index contributed by atoms with van der Waals surface area (Å²) in [6.07, 6.45) is 19.0. The van der Waals surface area contributed by atoms with E-state index in [1.54, 1.807) is 0 Å². The Kier molecular flexibility index (Phi) is 9.73. The van der Waals surface area contributed by atoms with Crippen LogP contribution >= 0.6 is 0 Å². The van der Waals surface area contributed by atoms with Gasteiger partial charge in [0, 0.05) is 24.3 Å². The van der Waals surface area contributed by atoms with E-state index in [0.29, 0.717) is 12.1 Å². The number of rotatable bonds is 3. The minimum atomic E-state index is -0.181. The smallest absolute Gasteiger partial charge is 0.263 e. The first-order chi connectivity index (χ1) is 13.1. The average Bonchev–Trinajstić information content (AvgIpc) is 2.63. The van der Waals surface area contributed by atoms with Crippen LogP contribution in [0.5, 0.6) is 0 Å². The van der Waals surface area contributed by atoms with Crippen molar-refractivity contribution >= 4 is 5.91 Å². The third-order valence-electron chi connectivity index (χ3n) is 6.35. The van der Waals surface area contributed by atoms with Gasteiger partial charge in [-0.3, -0.25) is 4.79 Å². The zero-order valence-electron chi connectivity index (χ0n) is 17.5. The lowest BCUT2D eigenvalue weighted by Crippen LogP contribution is -2.41. The Morgan fingerprint density at radius 1 is 0.852 bits per heavy atom. The number of hydrogen-bond acceptors (Lipinski definition) is 3. The fourth-order valence-electron chi connectivity index (χ4n) is 4.55. The minimum Gasteiger partial charge on any atom is -0.371 e. The Morgan fingerprint density at radius 2 is 1.33 bits per heavy atom. The second kappa shape index (κ2) is 12.1. The summed E-state index contributed by atoms with van der Waals surface area (Å²) in [5.74, 6) is -0.181. The minimum absolute atomic E-state index is 0.181. The summed E-state index contributed by atoms with van der Waals surface area (Å²) in [5, 5.41) is 12.8. The third kappa shape index (κ3) is 7.56. The molecule has 0 spiro atoms. The van der Waals surface area contributed by atoms with Gasteiger partial charge in [-0.05, 0) is 46.0 Å². The van der Waals surface area contributed by atoms with Crippen molar-refractivity contribution in [3.8, 4) is 6.07 Å². The summed E-state index contributed by atoms with van der Waals surface area (Å²) in [7, 11) is 0. The Hall–Kier alpha value is -1.50. The van der Waals surface area contributed by atoms with Crippen LogP contribution in [0.3, 0.4) is 0 Å². The predicted molar refractivity (Wildman–Crippen MR) is 111 cm³/mol. The number of nitriles is 1. The van der Waals surface area contributed by atoms with E-state index in [1.165, 1.54) is 64.2 Å². The molecular weight excluding hydrogens is 334 g/mol. The average molecular weight is 374 g/mol. The van der Waals surface area contributed by atoms with Gasteiger partial charge in [-0.15, -0.1) is 0 Å². The molecular formula is C23H39N3O. The molecule has 4 heteroatoms. The molecule has 1 N–H and O–H groups in total. The largest absolute Gasteiger partial charge is 0.371 e. The molecule has 0 bridgehead atoms. The maximum absolute atomic E-state index is 12.8. The van der Waals surface area contributed by atoms with E-state index < -0.39 is 0 Å². The molecule has 1 heterocycles. The SMILES string of the molecule is CC1CCCC(C)N1/C=C(/C#N)C(=O)NC1CCCCCCCCCCC1. The zero-order valence-corrected chi connectivity index (χ0v) is 17.5. The van der Waals surface area contributed by atoms with Gasteiger partial charge in [0.25, 0.3) is 5.91 Å². The van der Waals surface area contributed by atoms with Crippen LogP contribution in [0, 0.1) is 11.3 Å². The molecule has 2 rings (SSSR count). The Labute approximate surface area is 166 Å². The first kappa shape index (κ1) is 21.8. The molecule has 27 heavy (non-hydrogen) atoms. The Balaban J connectivity index is 1.95. The van der Waals surface area contributed by atoms with Crippen molar-refractivity contribution in [2.45, 2.75) is 122 Å². The first-order valence-corrected chi connectivity index (χ1v) is 11.3. The van der Waals surface area contributed by atoms with Gasteiger partial charge < -0.3 is 10.2 Å². The number of nitrogens with zero attached hydrogens (tertiary/aromatic N) is 2. The van der Waals surface area contributed by atoms with Crippen LogP contribution in [0.4, 0.5) is 0 Å². The number of carbonyl (C=O) groups excluding carboxylic acids is 1. The number of likely N-dealkylation sites (tertiary alicyclic amines) is 1. The van der Waals surface area contributed by atoms with Gasteiger partial charge in [-0.1, -0.05) is 57.8 Å². The molecule has 0 aromatic heterocycles. The summed E-state index contributed by atoms with van der Waals surface area (Å²) in [6.45, 7) is 4.37. The van der Waals surface area contributed by atoms with E-state index in [1.807, 2.05) is 6.20 Å². The topological polar surface area (TPSA) is 56.1 Å². The van der Waals surface area contributed by atoms with Crippen LogP contribution in [0.15, 0.2) is 11.8 Å². The van der Waals surface area contributed by atoms with Crippen LogP contribution in [0.2, 0.25) is 0 Å². The highest BCUT2D eigenvalue weighted by atomic mass is 16.1. The maximum atomic E-state index is 12.8. The quantitative estimate of drug-likeness (QED) is 0.529.